The Balaban J connectivity index is 1.85. The zero-order valence-electron chi connectivity index (χ0n) is 12.8. The fourth-order valence-electron chi connectivity index (χ4n) is 2.21. The molecule has 0 aliphatic carbocycles. The average Bonchev–Trinajstić information content (AvgIpc) is 3.13. The number of aromatic nitrogens is 1. The van der Waals surface area contributed by atoms with Crippen molar-refractivity contribution in [2.45, 2.75) is 0 Å². The van der Waals surface area contributed by atoms with Crippen LogP contribution in [0.5, 0.6) is 0 Å². The van der Waals surface area contributed by atoms with Crippen LogP contribution >= 0.6 is 0 Å². The number of nitrogens with zero attached hydrogens (tertiary/aromatic N) is 2. The SMILES string of the molecule is N#Cc1ccc(NC(=O)c2cc(-c3ccccc3)on2)c(C(=O)O)c1. The fourth-order valence-corrected chi connectivity index (χ4v) is 2.21. The summed E-state index contributed by atoms with van der Waals surface area (Å²) in [6.07, 6.45) is 0. The van der Waals surface area contributed by atoms with E-state index in [9.17, 15) is 14.7 Å². The van der Waals surface area contributed by atoms with Gasteiger partial charge in [-0.25, -0.2) is 4.79 Å². The van der Waals surface area contributed by atoms with Gasteiger partial charge in [-0.05, 0) is 18.2 Å². The summed E-state index contributed by atoms with van der Waals surface area (Å²) in [6, 6.07) is 16.4. The molecule has 0 bridgehead atoms. The van der Waals surface area contributed by atoms with E-state index in [-0.39, 0.29) is 22.5 Å². The number of carboxylic acids is 1. The van der Waals surface area contributed by atoms with Crippen molar-refractivity contribution in [2.75, 3.05) is 5.32 Å². The lowest BCUT2D eigenvalue weighted by Crippen LogP contribution is -2.15. The predicted molar refractivity (Wildman–Crippen MR) is 88.0 cm³/mol. The van der Waals surface area contributed by atoms with Crippen molar-refractivity contribution in [3.63, 3.8) is 0 Å². The lowest BCUT2D eigenvalue weighted by Gasteiger charge is -2.07. The summed E-state index contributed by atoms with van der Waals surface area (Å²) in [5, 5.41) is 24.3. The van der Waals surface area contributed by atoms with Crippen LogP contribution in [0.25, 0.3) is 11.3 Å². The van der Waals surface area contributed by atoms with Crippen molar-refractivity contribution >= 4 is 17.6 Å². The molecule has 0 spiro atoms. The van der Waals surface area contributed by atoms with Crippen molar-refractivity contribution in [3.8, 4) is 17.4 Å². The van der Waals surface area contributed by atoms with Crippen LogP contribution in [0.3, 0.4) is 0 Å². The lowest BCUT2D eigenvalue weighted by atomic mass is 10.1. The fraction of sp³-hybridized carbons (Fsp3) is 0. The van der Waals surface area contributed by atoms with E-state index in [1.54, 1.807) is 0 Å². The van der Waals surface area contributed by atoms with Crippen LogP contribution in [0.1, 0.15) is 26.4 Å². The number of anilines is 1. The van der Waals surface area contributed by atoms with Gasteiger partial charge in [0.25, 0.3) is 5.91 Å². The number of carbonyl (C=O) groups excluding carboxylic acids is 1. The van der Waals surface area contributed by atoms with Gasteiger partial charge in [0.1, 0.15) is 0 Å². The van der Waals surface area contributed by atoms with Crippen molar-refractivity contribution in [3.05, 3.63) is 71.4 Å². The number of nitriles is 1. The monoisotopic (exact) mass is 333 g/mol. The molecule has 2 aromatic carbocycles. The molecular formula is C18H11N3O4. The van der Waals surface area contributed by atoms with Gasteiger partial charge in [0, 0.05) is 11.6 Å². The van der Waals surface area contributed by atoms with Gasteiger partial charge < -0.3 is 14.9 Å². The predicted octanol–water partition coefficient (Wildman–Crippen LogP) is 3.16. The number of aromatic carboxylic acids is 1. The number of amides is 1. The Labute approximate surface area is 142 Å². The van der Waals surface area contributed by atoms with Gasteiger partial charge in [0.05, 0.1) is 22.9 Å². The molecule has 0 aliphatic rings. The molecule has 7 heteroatoms. The van der Waals surface area contributed by atoms with Crippen molar-refractivity contribution < 1.29 is 19.2 Å². The maximum Gasteiger partial charge on any atom is 0.337 e. The molecule has 0 unspecified atom stereocenters. The molecule has 1 heterocycles. The molecule has 1 aromatic heterocycles. The Kier molecular flexibility index (Phi) is 4.26. The van der Waals surface area contributed by atoms with Crippen molar-refractivity contribution in [1.29, 1.82) is 5.26 Å². The van der Waals surface area contributed by atoms with Gasteiger partial charge in [0.2, 0.25) is 0 Å². The van der Waals surface area contributed by atoms with Crippen LogP contribution in [0.15, 0.2) is 59.1 Å². The molecule has 0 atom stereocenters. The van der Waals surface area contributed by atoms with Gasteiger partial charge in [-0.2, -0.15) is 5.26 Å². The van der Waals surface area contributed by atoms with E-state index in [1.807, 2.05) is 36.4 Å². The first-order chi connectivity index (χ1) is 12.1. The van der Waals surface area contributed by atoms with E-state index in [1.165, 1.54) is 24.3 Å². The van der Waals surface area contributed by atoms with E-state index in [0.29, 0.717) is 5.76 Å². The molecule has 2 N–H and O–H groups in total. The third-order valence-electron chi connectivity index (χ3n) is 3.43. The smallest absolute Gasteiger partial charge is 0.337 e. The van der Waals surface area contributed by atoms with Crippen molar-refractivity contribution in [2.24, 2.45) is 0 Å². The first-order valence-corrected chi connectivity index (χ1v) is 7.19. The van der Waals surface area contributed by atoms with Crippen LogP contribution in [-0.4, -0.2) is 22.1 Å². The minimum absolute atomic E-state index is 0.0135. The number of carbonyl (C=O) groups is 2. The Morgan fingerprint density at radius 1 is 1.12 bits per heavy atom. The molecule has 3 aromatic rings. The quantitative estimate of drug-likeness (QED) is 0.757. The highest BCUT2D eigenvalue weighted by atomic mass is 16.5. The summed E-state index contributed by atoms with van der Waals surface area (Å²) in [6.45, 7) is 0. The number of nitrogens with one attached hydrogen (secondary N) is 1. The number of benzene rings is 2. The van der Waals surface area contributed by atoms with Gasteiger partial charge in [-0.15, -0.1) is 0 Å². The van der Waals surface area contributed by atoms with Crippen LogP contribution < -0.4 is 5.32 Å². The molecule has 7 nitrogen and oxygen atoms in total. The van der Waals surface area contributed by atoms with Crippen LogP contribution in [0.2, 0.25) is 0 Å². The molecule has 0 fully saturated rings. The van der Waals surface area contributed by atoms with Crippen LogP contribution in [-0.2, 0) is 0 Å². The molecule has 122 valence electrons. The largest absolute Gasteiger partial charge is 0.478 e. The third kappa shape index (κ3) is 3.38. The summed E-state index contributed by atoms with van der Waals surface area (Å²) < 4.78 is 5.15. The van der Waals surface area contributed by atoms with Gasteiger partial charge in [-0.3, -0.25) is 4.79 Å². The Bertz CT molecular complexity index is 987. The summed E-state index contributed by atoms with van der Waals surface area (Å²) in [5.41, 5.74) is 0.848. The zero-order chi connectivity index (χ0) is 17.8. The number of carboxylic acid groups (broad SMARTS) is 1. The average molecular weight is 333 g/mol. The van der Waals surface area contributed by atoms with Crippen LogP contribution in [0, 0.1) is 11.3 Å². The molecule has 25 heavy (non-hydrogen) atoms. The summed E-state index contributed by atoms with van der Waals surface area (Å²) in [5.74, 6) is -1.44. The topological polar surface area (TPSA) is 116 Å². The summed E-state index contributed by atoms with van der Waals surface area (Å²) in [4.78, 5) is 23.6. The highest BCUT2D eigenvalue weighted by Gasteiger charge is 2.17. The Hall–Kier alpha value is -3.92. The first-order valence-electron chi connectivity index (χ1n) is 7.19. The molecule has 1 amide bonds. The second-order valence-corrected chi connectivity index (χ2v) is 5.07. The number of hydrogen-bond acceptors (Lipinski definition) is 5. The maximum absolute atomic E-state index is 12.3. The third-order valence-corrected chi connectivity index (χ3v) is 3.43. The maximum atomic E-state index is 12.3. The van der Waals surface area contributed by atoms with Gasteiger partial charge in [0.15, 0.2) is 11.5 Å². The van der Waals surface area contributed by atoms with E-state index < -0.39 is 11.9 Å². The minimum atomic E-state index is -1.25. The van der Waals surface area contributed by atoms with Crippen molar-refractivity contribution in [1.82, 2.24) is 5.16 Å². The molecule has 0 aliphatic heterocycles. The number of rotatable bonds is 4. The zero-order valence-corrected chi connectivity index (χ0v) is 12.8. The van der Waals surface area contributed by atoms with E-state index in [2.05, 4.69) is 10.5 Å². The minimum Gasteiger partial charge on any atom is -0.478 e. The van der Waals surface area contributed by atoms with E-state index >= 15 is 0 Å². The van der Waals surface area contributed by atoms with Gasteiger partial charge >= 0.3 is 5.97 Å². The number of hydrogen-bond donors (Lipinski definition) is 2. The molecule has 0 saturated heterocycles. The highest BCUT2D eigenvalue weighted by molar-refractivity contribution is 6.07. The Morgan fingerprint density at radius 2 is 1.88 bits per heavy atom. The second-order valence-electron chi connectivity index (χ2n) is 5.07. The molecule has 0 saturated carbocycles. The molecular weight excluding hydrogens is 322 g/mol. The molecule has 3 rings (SSSR count). The van der Waals surface area contributed by atoms with E-state index in [4.69, 9.17) is 9.78 Å². The van der Waals surface area contributed by atoms with E-state index in [0.717, 1.165) is 5.56 Å². The summed E-state index contributed by atoms with van der Waals surface area (Å²) >= 11 is 0. The van der Waals surface area contributed by atoms with Gasteiger partial charge in [-0.1, -0.05) is 35.5 Å². The first kappa shape index (κ1) is 16.0. The standard InChI is InChI=1S/C18H11N3O4/c19-10-11-6-7-14(13(8-11)18(23)24)20-17(22)15-9-16(25-21-15)12-4-2-1-3-5-12/h1-9H,(H,20,22)(H,23,24). The summed E-state index contributed by atoms with van der Waals surface area (Å²) in [7, 11) is 0. The molecule has 0 radical (unpaired) electrons. The highest BCUT2D eigenvalue weighted by Crippen LogP contribution is 2.22. The van der Waals surface area contributed by atoms with Crippen LogP contribution in [0.4, 0.5) is 5.69 Å². The normalized spacial score (nSPS) is 10.0. The lowest BCUT2D eigenvalue weighted by molar-refractivity contribution is 0.0698. The second kappa shape index (κ2) is 6.68. The Morgan fingerprint density at radius 3 is 2.56 bits per heavy atom.